The van der Waals surface area contributed by atoms with Gasteiger partial charge in [0.2, 0.25) is 0 Å². The molecule has 0 heterocycles. The number of hydrazine groups is 1. The third-order valence-electron chi connectivity index (χ3n) is 2.64. The molecular weight excluding hydrogens is 196 g/mol. The Morgan fingerprint density at radius 2 is 1.88 bits per heavy atom. The van der Waals surface area contributed by atoms with Crippen molar-refractivity contribution in [3.8, 4) is 0 Å². The van der Waals surface area contributed by atoms with E-state index in [1.54, 1.807) is 0 Å². The molecule has 1 aromatic carbocycles. The molecule has 0 aromatic heterocycles. The highest BCUT2D eigenvalue weighted by molar-refractivity contribution is 5.66. The summed E-state index contributed by atoms with van der Waals surface area (Å²) in [5.41, 5.74) is 10.1. The van der Waals surface area contributed by atoms with Crippen LogP contribution in [0.5, 0.6) is 0 Å². The van der Waals surface area contributed by atoms with Crippen LogP contribution < -0.4 is 10.9 Å². The van der Waals surface area contributed by atoms with Crippen LogP contribution in [-0.2, 0) is 0 Å². The highest BCUT2D eigenvalue weighted by Crippen LogP contribution is 2.19. The van der Waals surface area contributed by atoms with E-state index in [0.717, 1.165) is 6.42 Å². The van der Waals surface area contributed by atoms with E-state index in [2.05, 4.69) is 49.0 Å². The lowest BCUT2D eigenvalue weighted by molar-refractivity contribution is 0.728. The van der Waals surface area contributed by atoms with Crippen molar-refractivity contribution < 1.29 is 0 Å². The molecule has 2 N–H and O–H groups in total. The summed E-state index contributed by atoms with van der Waals surface area (Å²) in [5, 5.41) is 0. The van der Waals surface area contributed by atoms with Crippen LogP contribution in [0.4, 0.5) is 0 Å². The summed E-state index contributed by atoms with van der Waals surface area (Å²) in [4.78, 5) is 0. The van der Waals surface area contributed by atoms with E-state index in [9.17, 15) is 0 Å². The van der Waals surface area contributed by atoms with E-state index in [1.807, 2.05) is 13.1 Å². The molecule has 0 spiro atoms. The predicted molar refractivity (Wildman–Crippen MR) is 70.8 cm³/mol. The maximum absolute atomic E-state index is 3.24. The first-order valence-electron chi connectivity index (χ1n) is 5.97. The molecule has 0 saturated heterocycles. The predicted octanol–water partition coefficient (Wildman–Crippen LogP) is 3.33. The van der Waals surface area contributed by atoms with E-state index in [0.29, 0.717) is 0 Å². The fourth-order valence-corrected chi connectivity index (χ4v) is 1.72. The standard InChI is InChI=1S/C14H22N2/c1-4-5-9-12(2)14(16-15-3)13-10-7-6-8-11-13/h6-8,10-11,15-16H,4-5,9H2,1-3H3/b14-12-. The van der Waals surface area contributed by atoms with E-state index in [1.165, 1.54) is 29.7 Å². The normalized spacial score (nSPS) is 12.2. The quantitative estimate of drug-likeness (QED) is 0.716. The van der Waals surface area contributed by atoms with E-state index in [4.69, 9.17) is 0 Å². The highest BCUT2D eigenvalue weighted by atomic mass is 15.3. The van der Waals surface area contributed by atoms with Gasteiger partial charge < -0.3 is 5.43 Å². The summed E-state index contributed by atoms with van der Waals surface area (Å²) < 4.78 is 0. The van der Waals surface area contributed by atoms with Gasteiger partial charge in [0.15, 0.2) is 0 Å². The molecule has 2 heteroatoms. The second-order valence-corrected chi connectivity index (χ2v) is 4.00. The largest absolute Gasteiger partial charge is 0.321 e. The summed E-state index contributed by atoms with van der Waals surface area (Å²) in [6.07, 6.45) is 3.63. The van der Waals surface area contributed by atoms with Crippen molar-refractivity contribution >= 4 is 5.70 Å². The Balaban J connectivity index is 2.89. The maximum Gasteiger partial charge on any atom is 0.0549 e. The zero-order chi connectivity index (χ0) is 11.8. The zero-order valence-corrected chi connectivity index (χ0v) is 10.5. The van der Waals surface area contributed by atoms with Crippen LogP contribution in [0.25, 0.3) is 5.70 Å². The molecular formula is C14H22N2. The lowest BCUT2D eigenvalue weighted by Crippen LogP contribution is -2.26. The summed E-state index contributed by atoms with van der Waals surface area (Å²) in [6, 6.07) is 10.5. The molecule has 0 radical (unpaired) electrons. The number of hydrogen-bond acceptors (Lipinski definition) is 2. The van der Waals surface area contributed by atoms with Crippen molar-refractivity contribution in [2.45, 2.75) is 33.1 Å². The Hall–Kier alpha value is -1.28. The highest BCUT2D eigenvalue weighted by Gasteiger charge is 2.04. The summed E-state index contributed by atoms with van der Waals surface area (Å²) in [6.45, 7) is 4.42. The lowest BCUT2D eigenvalue weighted by Gasteiger charge is -2.14. The SMILES string of the molecule is CCCC/C(C)=C(\NNC)c1ccccc1. The molecule has 0 atom stereocenters. The van der Waals surface area contributed by atoms with Crippen LogP contribution in [0.1, 0.15) is 38.7 Å². The van der Waals surface area contributed by atoms with Crippen molar-refractivity contribution in [3.05, 3.63) is 41.5 Å². The number of rotatable bonds is 6. The van der Waals surface area contributed by atoms with Gasteiger partial charge in [-0.05, 0) is 30.9 Å². The molecule has 0 unspecified atom stereocenters. The Bertz CT molecular complexity index is 328. The molecule has 0 aliphatic rings. The van der Waals surface area contributed by atoms with Gasteiger partial charge in [0, 0.05) is 7.05 Å². The molecule has 1 rings (SSSR count). The molecule has 0 fully saturated rings. The van der Waals surface area contributed by atoms with Gasteiger partial charge in [0.25, 0.3) is 0 Å². The molecule has 16 heavy (non-hydrogen) atoms. The van der Waals surface area contributed by atoms with Gasteiger partial charge in [-0.3, -0.25) is 0 Å². The van der Waals surface area contributed by atoms with Crippen LogP contribution in [0.2, 0.25) is 0 Å². The number of hydrogen-bond donors (Lipinski definition) is 2. The van der Waals surface area contributed by atoms with Crippen LogP contribution in [0.3, 0.4) is 0 Å². The summed E-state index contributed by atoms with van der Waals surface area (Å²) >= 11 is 0. The lowest BCUT2D eigenvalue weighted by atomic mass is 10.0. The van der Waals surface area contributed by atoms with Gasteiger partial charge >= 0.3 is 0 Å². The number of benzene rings is 1. The summed E-state index contributed by atoms with van der Waals surface area (Å²) in [5.74, 6) is 0. The average Bonchev–Trinajstić information content (AvgIpc) is 2.34. The smallest absolute Gasteiger partial charge is 0.0549 e. The molecule has 0 bridgehead atoms. The van der Waals surface area contributed by atoms with Crippen LogP contribution in [0.15, 0.2) is 35.9 Å². The molecule has 2 nitrogen and oxygen atoms in total. The minimum absolute atomic E-state index is 1.15. The van der Waals surface area contributed by atoms with Crippen LogP contribution >= 0.6 is 0 Å². The Labute approximate surface area is 98.7 Å². The second-order valence-electron chi connectivity index (χ2n) is 4.00. The molecule has 1 aromatic rings. The first kappa shape index (κ1) is 12.8. The van der Waals surface area contributed by atoms with Crippen molar-refractivity contribution in [1.29, 1.82) is 0 Å². The molecule has 0 aliphatic heterocycles. The van der Waals surface area contributed by atoms with Crippen molar-refractivity contribution in [2.75, 3.05) is 7.05 Å². The van der Waals surface area contributed by atoms with E-state index in [-0.39, 0.29) is 0 Å². The Kier molecular flexibility index (Phi) is 5.65. The number of allylic oxidation sites excluding steroid dienone is 1. The van der Waals surface area contributed by atoms with Gasteiger partial charge in [-0.25, -0.2) is 5.43 Å². The van der Waals surface area contributed by atoms with Gasteiger partial charge in [-0.15, -0.1) is 0 Å². The molecule has 88 valence electrons. The molecule has 0 saturated carbocycles. The van der Waals surface area contributed by atoms with Crippen LogP contribution in [0, 0.1) is 0 Å². The van der Waals surface area contributed by atoms with Crippen molar-refractivity contribution in [1.82, 2.24) is 10.9 Å². The minimum atomic E-state index is 1.15. The maximum atomic E-state index is 3.24. The number of unbranched alkanes of at least 4 members (excludes halogenated alkanes) is 1. The van der Waals surface area contributed by atoms with E-state index >= 15 is 0 Å². The fourth-order valence-electron chi connectivity index (χ4n) is 1.72. The summed E-state index contributed by atoms with van der Waals surface area (Å²) in [7, 11) is 1.90. The van der Waals surface area contributed by atoms with Crippen LogP contribution in [-0.4, -0.2) is 7.05 Å². The van der Waals surface area contributed by atoms with E-state index < -0.39 is 0 Å². The minimum Gasteiger partial charge on any atom is -0.321 e. The Morgan fingerprint density at radius 1 is 1.19 bits per heavy atom. The monoisotopic (exact) mass is 218 g/mol. The van der Waals surface area contributed by atoms with Crippen molar-refractivity contribution in [3.63, 3.8) is 0 Å². The second kappa shape index (κ2) is 7.07. The van der Waals surface area contributed by atoms with Gasteiger partial charge in [-0.2, -0.15) is 0 Å². The topological polar surface area (TPSA) is 24.1 Å². The first-order valence-corrected chi connectivity index (χ1v) is 5.97. The Morgan fingerprint density at radius 3 is 2.44 bits per heavy atom. The first-order chi connectivity index (χ1) is 7.79. The molecule has 0 amide bonds. The fraction of sp³-hybridized carbons (Fsp3) is 0.429. The van der Waals surface area contributed by atoms with Gasteiger partial charge in [0.1, 0.15) is 0 Å². The van der Waals surface area contributed by atoms with Gasteiger partial charge in [0.05, 0.1) is 5.70 Å². The third-order valence-corrected chi connectivity index (χ3v) is 2.64. The average molecular weight is 218 g/mol. The number of nitrogens with one attached hydrogen (secondary N) is 2. The third kappa shape index (κ3) is 3.70. The van der Waals surface area contributed by atoms with Gasteiger partial charge in [-0.1, -0.05) is 43.7 Å². The zero-order valence-electron chi connectivity index (χ0n) is 10.5. The van der Waals surface area contributed by atoms with Crippen molar-refractivity contribution in [2.24, 2.45) is 0 Å². The molecule has 0 aliphatic carbocycles.